The molecule has 0 saturated heterocycles. The van der Waals surface area contributed by atoms with Gasteiger partial charge in [0.1, 0.15) is 16.2 Å². The lowest BCUT2D eigenvalue weighted by Gasteiger charge is -2.15. The summed E-state index contributed by atoms with van der Waals surface area (Å²) in [6.45, 7) is 1.90. The number of halogens is 1. The molecular weight excluding hydrogens is 315 g/mol. The Morgan fingerprint density at radius 2 is 1.87 bits per heavy atom. The fraction of sp³-hybridized carbons (Fsp3) is 0.0588. The van der Waals surface area contributed by atoms with Crippen molar-refractivity contribution in [3.63, 3.8) is 0 Å². The first-order valence-electron chi connectivity index (χ1n) is 6.88. The van der Waals surface area contributed by atoms with Crippen molar-refractivity contribution in [2.45, 2.75) is 6.92 Å². The Balaban J connectivity index is 2.09. The Labute approximate surface area is 136 Å². The van der Waals surface area contributed by atoms with Crippen molar-refractivity contribution < 1.29 is 14.3 Å². The second kappa shape index (κ2) is 5.81. The summed E-state index contributed by atoms with van der Waals surface area (Å²) in [4.78, 5) is 12.3. The van der Waals surface area contributed by atoms with Crippen molar-refractivity contribution >= 4 is 29.0 Å². The van der Waals surface area contributed by atoms with Crippen molar-refractivity contribution in [3.05, 3.63) is 70.1 Å². The molecule has 0 fully saturated rings. The van der Waals surface area contributed by atoms with E-state index >= 15 is 0 Å². The third-order valence-corrected chi connectivity index (χ3v) is 3.83. The van der Waals surface area contributed by atoms with Gasteiger partial charge in [0.15, 0.2) is 0 Å². The molecule has 3 rings (SSSR count). The molecule has 1 aromatic heterocycles. The average molecular weight is 328 g/mol. The van der Waals surface area contributed by atoms with E-state index in [1.54, 1.807) is 18.2 Å². The zero-order chi connectivity index (χ0) is 16.6. The number of phenolic OH excluding ortho intramolecular Hbond substituents is 1. The summed E-state index contributed by atoms with van der Waals surface area (Å²) < 4.78 is 14.8. The van der Waals surface area contributed by atoms with Gasteiger partial charge in [-0.3, -0.25) is 10.2 Å². The molecule has 0 spiro atoms. The smallest absolute Gasteiger partial charge is 0.270 e. The summed E-state index contributed by atoms with van der Waals surface area (Å²) >= 11 is 5.31. The molecule has 2 N–H and O–H groups in total. The van der Waals surface area contributed by atoms with Gasteiger partial charge >= 0.3 is 0 Å². The molecule has 0 atom stereocenters. The number of hydrogen-bond donors (Lipinski definition) is 2. The molecule has 1 heterocycles. The maximum atomic E-state index is 13.0. The number of aromatic hydroxyl groups is 1. The first-order valence-corrected chi connectivity index (χ1v) is 7.29. The molecule has 0 bridgehead atoms. The summed E-state index contributed by atoms with van der Waals surface area (Å²) in [5.41, 5.74) is 4.52. The number of hydrogen-bond acceptors (Lipinski definition) is 3. The van der Waals surface area contributed by atoms with Gasteiger partial charge in [0.25, 0.3) is 5.91 Å². The van der Waals surface area contributed by atoms with Crippen LogP contribution in [0.3, 0.4) is 0 Å². The number of phenols is 1. The van der Waals surface area contributed by atoms with Gasteiger partial charge in [-0.15, -0.1) is 0 Å². The molecule has 4 nitrogen and oxygen atoms in total. The van der Waals surface area contributed by atoms with Crippen LogP contribution in [0.25, 0.3) is 10.9 Å². The van der Waals surface area contributed by atoms with Crippen LogP contribution in [0.2, 0.25) is 0 Å². The van der Waals surface area contributed by atoms with E-state index in [4.69, 9.17) is 12.2 Å². The molecule has 0 saturated carbocycles. The van der Waals surface area contributed by atoms with E-state index in [0.717, 1.165) is 10.9 Å². The van der Waals surface area contributed by atoms with Gasteiger partial charge in [-0.1, -0.05) is 12.2 Å². The highest BCUT2D eigenvalue weighted by Crippen LogP contribution is 2.23. The van der Waals surface area contributed by atoms with Crippen LogP contribution >= 0.6 is 12.2 Å². The average Bonchev–Trinajstić information content (AvgIpc) is 2.51. The number of aryl methyl sites for hydroxylation is 1. The van der Waals surface area contributed by atoms with Gasteiger partial charge in [0.2, 0.25) is 0 Å². The maximum Gasteiger partial charge on any atom is 0.270 e. The van der Waals surface area contributed by atoms with Gasteiger partial charge in [-0.25, -0.2) is 9.07 Å². The highest BCUT2D eigenvalue weighted by molar-refractivity contribution is 7.71. The summed E-state index contributed by atoms with van der Waals surface area (Å²) in [5.74, 6) is -0.763. The SMILES string of the molecule is Cc1cc(=S)n(NC(=O)c2ccc(F)cc2)c2cc(O)ccc12. The van der Waals surface area contributed by atoms with Gasteiger partial charge in [-0.05, 0) is 55.0 Å². The van der Waals surface area contributed by atoms with Crippen LogP contribution in [0.15, 0.2) is 48.5 Å². The molecular formula is C17H13FN2O2S. The van der Waals surface area contributed by atoms with E-state index < -0.39 is 11.7 Å². The Kier molecular flexibility index (Phi) is 3.83. The number of pyridine rings is 1. The zero-order valence-corrected chi connectivity index (χ0v) is 13.0. The van der Waals surface area contributed by atoms with Crippen LogP contribution in [0.5, 0.6) is 5.75 Å². The summed E-state index contributed by atoms with van der Waals surface area (Å²) in [6, 6.07) is 11.8. The zero-order valence-electron chi connectivity index (χ0n) is 12.2. The Bertz CT molecular complexity index is 965. The number of amides is 1. The largest absolute Gasteiger partial charge is 0.508 e. The van der Waals surface area contributed by atoms with Crippen LogP contribution in [-0.2, 0) is 0 Å². The molecule has 23 heavy (non-hydrogen) atoms. The lowest BCUT2D eigenvalue weighted by molar-refractivity contribution is 0.101. The van der Waals surface area contributed by atoms with Crippen LogP contribution in [-0.4, -0.2) is 15.7 Å². The molecule has 3 aromatic rings. The highest BCUT2D eigenvalue weighted by Gasteiger charge is 2.10. The molecule has 1 amide bonds. The number of benzene rings is 2. The number of aromatic nitrogens is 1. The summed E-state index contributed by atoms with van der Waals surface area (Å²) in [7, 11) is 0. The molecule has 0 aliphatic heterocycles. The molecule has 0 aliphatic carbocycles. The highest BCUT2D eigenvalue weighted by atomic mass is 32.1. The second-order valence-corrected chi connectivity index (χ2v) is 5.57. The predicted molar refractivity (Wildman–Crippen MR) is 89.3 cm³/mol. The Hall–Kier alpha value is -2.73. The van der Waals surface area contributed by atoms with Gasteiger partial charge < -0.3 is 5.11 Å². The lowest BCUT2D eigenvalue weighted by atomic mass is 10.1. The van der Waals surface area contributed by atoms with E-state index in [9.17, 15) is 14.3 Å². The van der Waals surface area contributed by atoms with Crippen LogP contribution in [0.4, 0.5) is 4.39 Å². The van der Waals surface area contributed by atoms with Crippen LogP contribution in [0, 0.1) is 17.4 Å². The fourth-order valence-electron chi connectivity index (χ4n) is 2.37. The number of fused-ring (bicyclic) bond motifs is 1. The van der Waals surface area contributed by atoms with E-state index in [-0.39, 0.29) is 5.75 Å². The summed E-state index contributed by atoms with van der Waals surface area (Å²) in [6.07, 6.45) is 0. The standard InChI is InChI=1S/C17H13FN2O2S/c1-10-8-16(23)20(15-9-13(21)6-7-14(10)15)19-17(22)11-2-4-12(18)5-3-11/h2-9,21H,1H3,(H,19,22). The lowest BCUT2D eigenvalue weighted by Crippen LogP contribution is -2.24. The molecule has 6 heteroatoms. The number of rotatable bonds is 2. The van der Waals surface area contributed by atoms with Gasteiger partial charge in [0, 0.05) is 17.0 Å². The monoisotopic (exact) mass is 328 g/mol. The quantitative estimate of drug-likeness (QED) is 0.701. The van der Waals surface area contributed by atoms with Crippen molar-refractivity contribution in [1.29, 1.82) is 0 Å². The van der Waals surface area contributed by atoms with Crippen molar-refractivity contribution in [2.24, 2.45) is 0 Å². The minimum absolute atomic E-state index is 0.0716. The van der Waals surface area contributed by atoms with E-state index in [0.29, 0.717) is 15.7 Å². The third kappa shape index (κ3) is 2.93. The van der Waals surface area contributed by atoms with E-state index in [2.05, 4.69) is 5.43 Å². The maximum absolute atomic E-state index is 13.0. The van der Waals surface area contributed by atoms with Gasteiger partial charge in [-0.2, -0.15) is 0 Å². The molecule has 116 valence electrons. The third-order valence-electron chi connectivity index (χ3n) is 3.53. The minimum atomic E-state index is -0.422. The van der Waals surface area contributed by atoms with E-state index in [1.807, 2.05) is 6.92 Å². The molecule has 0 radical (unpaired) electrons. The van der Waals surface area contributed by atoms with Gasteiger partial charge in [0.05, 0.1) is 5.52 Å². The second-order valence-electron chi connectivity index (χ2n) is 5.15. The van der Waals surface area contributed by atoms with Crippen molar-refractivity contribution in [2.75, 3.05) is 5.43 Å². The number of carbonyl (C=O) groups is 1. The van der Waals surface area contributed by atoms with Crippen LogP contribution in [0.1, 0.15) is 15.9 Å². The molecule has 0 aliphatic rings. The number of carbonyl (C=O) groups excluding carboxylic acids is 1. The summed E-state index contributed by atoms with van der Waals surface area (Å²) in [5, 5.41) is 10.6. The first-order chi connectivity index (χ1) is 11.0. The molecule has 2 aromatic carbocycles. The molecule has 0 unspecified atom stereocenters. The Morgan fingerprint density at radius 3 is 2.57 bits per heavy atom. The van der Waals surface area contributed by atoms with E-state index in [1.165, 1.54) is 35.0 Å². The van der Waals surface area contributed by atoms with Crippen molar-refractivity contribution in [3.8, 4) is 5.75 Å². The normalized spacial score (nSPS) is 10.7. The minimum Gasteiger partial charge on any atom is -0.508 e. The topological polar surface area (TPSA) is 54.3 Å². The first kappa shape index (κ1) is 15.2. The number of nitrogens with one attached hydrogen (secondary N) is 1. The predicted octanol–water partition coefficient (Wildman–Crippen LogP) is 3.91. The fourth-order valence-corrected chi connectivity index (χ4v) is 2.69. The number of nitrogens with zero attached hydrogens (tertiary/aromatic N) is 1. The van der Waals surface area contributed by atoms with Crippen molar-refractivity contribution in [1.82, 2.24) is 4.68 Å². The Morgan fingerprint density at radius 1 is 1.17 bits per heavy atom. The van der Waals surface area contributed by atoms with Crippen LogP contribution < -0.4 is 5.43 Å².